The number of H-pyrrole nitrogens is 1. The van der Waals surface area contributed by atoms with Crippen molar-refractivity contribution in [3.63, 3.8) is 0 Å². The maximum Gasteiger partial charge on any atom is 0.335 e. The van der Waals surface area contributed by atoms with Gasteiger partial charge in [-0.3, -0.25) is 9.55 Å². The van der Waals surface area contributed by atoms with Crippen LogP contribution >= 0.6 is 19.2 Å². The van der Waals surface area contributed by atoms with E-state index in [-0.39, 0.29) is 18.6 Å². The summed E-state index contributed by atoms with van der Waals surface area (Å²) in [6.45, 7) is 4.37. The maximum absolute atomic E-state index is 12.4. The van der Waals surface area contributed by atoms with Crippen LogP contribution < -0.4 is 17.4 Å². The number of aromatic amines is 1. The Hall–Kier alpha value is -2.01. The zero-order chi connectivity index (χ0) is 22.1. The van der Waals surface area contributed by atoms with Gasteiger partial charge in [0.05, 0.1) is 30.8 Å². The number of nitrogens with zero attached hydrogens (tertiary/aromatic N) is 1. The molecule has 0 atom stereocenters. The minimum Gasteiger partial charge on any atom is -1.00 e. The first-order valence-electron chi connectivity index (χ1n) is 10.2. The number of nitrogens with one attached hydrogen (secondary N) is 1. The van der Waals surface area contributed by atoms with E-state index in [4.69, 9.17) is 20.6 Å². The van der Waals surface area contributed by atoms with Gasteiger partial charge in [-0.05, 0) is 43.7 Å². The highest BCUT2D eigenvalue weighted by Gasteiger charge is 2.24. The number of fused-ring (bicyclic) bond motifs is 2. The maximum atomic E-state index is 12.4. The molecule has 0 unspecified atom stereocenters. The Labute approximate surface area is 200 Å². The van der Waals surface area contributed by atoms with Gasteiger partial charge < -0.3 is 21.5 Å². The van der Waals surface area contributed by atoms with Crippen LogP contribution in [-0.4, -0.2) is 18.2 Å². The summed E-state index contributed by atoms with van der Waals surface area (Å²) in [6, 6.07) is 20.1. The van der Waals surface area contributed by atoms with Crippen molar-refractivity contribution in [3.05, 3.63) is 84.2 Å². The molecule has 8 heteroatoms. The Morgan fingerprint density at radius 1 is 0.938 bits per heavy atom. The SMILES string of the molecule is CCOP(=O)(Cc1cnc2ccccc2c1)OCC.ClCc1c[nH+]c2ccccc2c1.[Cl-]. The first-order chi connectivity index (χ1) is 15.1. The molecular formula is C24H27Cl2N2O3P. The number of alkyl halides is 1. The van der Waals surface area contributed by atoms with Crippen LogP contribution in [0.2, 0.25) is 0 Å². The molecule has 170 valence electrons. The summed E-state index contributed by atoms with van der Waals surface area (Å²) in [5.41, 5.74) is 4.06. The minimum absolute atomic E-state index is 0. The van der Waals surface area contributed by atoms with E-state index in [0.717, 1.165) is 27.5 Å². The molecule has 5 nitrogen and oxygen atoms in total. The standard InChI is InChI=1S/C14H18NO3P.C10H8ClN.ClH/c1-3-17-19(16,18-4-2)11-12-9-13-7-5-6-8-14(13)15-10-12;11-6-8-5-9-3-1-2-4-10(9)12-7-8;/h5-10H,3-4,11H2,1-2H3;1-5,7H,6H2;1H. The number of hydrogen-bond donors (Lipinski definition) is 0. The number of para-hydroxylation sites is 2. The zero-order valence-electron chi connectivity index (χ0n) is 18.1. The van der Waals surface area contributed by atoms with Crippen molar-refractivity contribution < 1.29 is 31.0 Å². The molecule has 0 aliphatic rings. The largest absolute Gasteiger partial charge is 1.00 e. The molecule has 0 saturated heterocycles. The van der Waals surface area contributed by atoms with Gasteiger partial charge in [0, 0.05) is 28.6 Å². The second-order valence-corrected chi connectivity index (χ2v) is 9.19. The molecule has 1 N–H and O–H groups in total. The fraction of sp³-hybridized carbons (Fsp3) is 0.250. The van der Waals surface area contributed by atoms with Gasteiger partial charge in [-0.15, -0.1) is 11.6 Å². The zero-order valence-corrected chi connectivity index (χ0v) is 20.5. The quantitative estimate of drug-likeness (QED) is 0.293. The first kappa shape index (κ1) is 26.2. The summed E-state index contributed by atoms with van der Waals surface area (Å²) in [5.74, 6) is 0.557. The Morgan fingerprint density at radius 2 is 1.56 bits per heavy atom. The number of rotatable bonds is 7. The van der Waals surface area contributed by atoms with E-state index in [9.17, 15) is 4.57 Å². The van der Waals surface area contributed by atoms with Crippen molar-refractivity contribution in [2.24, 2.45) is 0 Å². The van der Waals surface area contributed by atoms with Crippen molar-refractivity contribution >= 4 is 41.0 Å². The Balaban J connectivity index is 0.000000241. The Bertz CT molecular complexity index is 1180. The van der Waals surface area contributed by atoms with E-state index in [1.54, 1.807) is 6.20 Å². The summed E-state index contributed by atoms with van der Waals surface area (Å²) in [4.78, 5) is 7.54. The molecule has 0 aliphatic carbocycles. The second kappa shape index (κ2) is 12.9. The van der Waals surface area contributed by atoms with Crippen LogP contribution in [0.3, 0.4) is 0 Å². The lowest BCUT2D eigenvalue weighted by molar-refractivity contribution is -0.345. The number of halogens is 2. The van der Waals surface area contributed by atoms with E-state index < -0.39 is 7.60 Å². The Morgan fingerprint density at radius 3 is 2.25 bits per heavy atom. The molecule has 0 fully saturated rings. The molecular weight excluding hydrogens is 466 g/mol. The van der Waals surface area contributed by atoms with Crippen LogP contribution in [0.15, 0.2) is 73.1 Å². The highest BCUT2D eigenvalue weighted by atomic mass is 35.5. The summed E-state index contributed by atoms with van der Waals surface area (Å²) in [6.07, 6.45) is 3.93. The highest BCUT2D eigenvalue weighted by Crippen LogP contribution is 2.51. The molecule has 0 spiro atoms. The lowest BCUT2D eigenvalue weighted by Gasteiger charge is -2.16. The van der Waals surface area contributed by atoms with Gasteiger partial charge in [0.2, 0.25) is 5.52 Å². The molecule has 0 bridgehead atoms. The smallest absolute Gasteiger partial charge is 0.335 e. The molecule has 4 rings (SSSR count). The average Bonchev–Trinajstić information content (AvgIpc) is 2.79. The lowest BCUT2D eigenvalue weighted by atomic mass is 10.2. The molecule has 2 heterocycles. The van der Waals surface area contributed by atoms with Crippen molar-refractivity contribution in [2.45, 2.75) is 25.9 Å². The van der Waals surface area contributed by atoms with Crippen LogP contribution in [0.1, 0.15) is 25.0 Å². The monoisotopic (exact) mass is 492 g/mol. The van der Waals surface area contributed by atoms with Crippen molar-refractivity contribution in [3.8, 4) is 0 Å². The fourth-order valence-corrected chi connectivity index (χ4v) is 5.01. The summed E-state index contributed by atoms with van der Waals surface area (Å²) in [5, 5.41) is 2.23. The van der Waals surface area contributed by atoms with E-state index in [1.807, 2.05) is 68.6 Å². The predicted octanol–water partition coefficient (Wildman–Crippen LogP) is 3.40. The van der Waals surface area contributed by atoms with E-state index in [1.165, 1.54) is 5.39 Å². The minimum atomic E-state index is -3.06. The van der Waals surface area contributed by atoms with Crippen LogP contribution in [-0.2, 0) is 25.7 Å². The summed E-state index contributed by atoms with van der Waals surface area (Å²) in [7, 11) is -3.06. The third-order valence-corrected chi connectivity index (χ3v) is 6.91. The number of aromatic nitrogens is 2. The molecule has 0 aliphatic heterocycles. The van der Waals surface area contributed by atoms with Gasteiger partial charge in [-0.2, -0.15) is 0 Å². The van der Waals surface area contributed by atoms with E-state index >= 15 is 0 Å². The van der Waals surface area contributed by atoms with Crippen molar-refractivity contribution in [2.75, 3.05) is 13.2 Å². The van der Waals surface area contributed by atoms with Crippen LogP contribution in [0.4, 0.5) is 0 Å². The fourth-order valence-electron chi connectivity index (χ4n) is 3.19. The topological polar surface area (TPSA) is 62.6 Å². The van der Waals surface area contributed by atoms with Crippen LogP contribution in [0, 0.1) is 0 Å². The van der Waals surface area contributed by atoms with Gasteiger partial charge in [0.25, 0.3) is 0 Å². The van der Waals surface area contributed by atoms with Gasteiger partial charge >= 0.3 is 7.60 Å². The number of pyridine rings is 2. The predicted molar refractivity (Wildman–Crippen MR) is 126 cm³/mol. The molecule has 2 aromatic carbocycles. The molecule has 0 saturated carbocycles. The van der Waals surface area contributed by atoms with Crippen LogP contribution in [0.25, 0.3) is 21.8 Å². The van der Waals surface area contributed by atoms with Gasteiger partial charge in [-0.1, -0.05) is 30.3 Å². The lowest BCUT2D eigenvalue weighted by Crippen LogP contribution is -3.00. The summed E-state index contributed by atoms with van der Waals surface area (Å²) >= 11 is 5.71. The summed E-state index contributed by atoms with van der Waals surface area (Å²) < 4.78 is 23.0. The molecule has 32 heavy (non-hydrogen) atoms. The molecule has 4 aromatic rings. The number of benzene rings is 2. The third-order valence-electron chi connectivity index (χ3n) is 4.54. The molecule has 0 radical (unpaired) electrons. The molecule has 2 aromatic heterocycles. The Kier molecular flexibility index (Phi) is 10.6. The second-order valence-electron chi connectivity index (χ2n) is 6.87. The van der Waals surface area contributed by atoms with Crippen molar-refractivity contribution in [1.29, 1.82) is 0 Å². The molecule has 0 amide bonds. The van der Waals surface area contributed by atoms with E-state index in [2.05, 4.69) is 22.1 Å². The number of hydrogen-bond acceptors (Lipinski definition) is 4. The average molecular weight is 493 g/mol. The van der Waals surface area contributed by atoms with Crippen molar-refractivity contribution in [1.82, 2.24) is 4.98 Å². The first-order valence-corrected chi connectivity index (χ1v) is 12.5. The van der Waals surface area contributed by atoms with Crippen LogP contribution in [0.5, 0.6) is 0 Å². The van der Waals surface area contributed by atoms with Gasteiger partial charge in [0.15, 0.2) is 6.20 Å². The van der Waals surface area contributed by atoms with E-state index in [0.29, 0.717) is 19.1 Å². The van der Waals surface area contributed by atoms with Gasteiger partial charge in [0.1, 0.15) is 0 Å². The third kappa shape index (κ3) is 7.26. The van der Waals surface area contributed by atoms with Gasteiger partial charge in [-0.25, -0.2) is 4.98 Å². The normalized spacial score (nSPS) is 11.0. The highest BCUT2D eigenvalue weighted by molar-refractivity contribution is 7.53.